The third-order valence-corrected chi connectivity index (χ3v) is 4.44. The van der Waals surface area contributed by atoms with Gasteiger partial charge in [0.25, 0.3) is 0 Å². The molecule has 0 aliphatic carbocycles. The zero-order valence-corrected chi connectivity index (χ0v) is 12.9. The van der Waals surface area contributed by atoms with Gasteiger partial charge in [-0.05, 0) is 17.7 Å². The molecule has 0 saturated carbocycles. The second-order valence-electron chi connectivity index (χ2n) is 5.19. The lowest BCUT2D eigenvalue weighted by Gasteiger charge is -2.27. The first kappa shape index (κ1) is 16.4. The molecular formula is C15H17NO5S. The molecule has 2 atom stereocenters. The molecule has 1 aliphatic rings. The molecule has 1 aliphatic heterocycles. The molecule has 1 aromatic rings. The molecule has 7 heteroatoms. The zero-order valence-electron chi connectivity index (χ0n) is 12.1. The SMILES string of the molecule is CC(=O)SC1CC(=O)N(C(CC(=O)O)c2cccc(O)c2)C1. The highest BCUT2D eigenvalue weighted by Gasteiger charge is 2.36. The average Bonchev–Trinajstić information content (AvgIpc) is 2.75. The number of hydrogen-bond acceptors (Lipinski definition) is 5. The van der Waals surface area contributed by atoms with Crippen molar-refractivity contribution in [3.05, 3.63) is 29.8 Å². The molecule has 1 saturated heterocycles. The highest BCUT2D eigenvalue weighted by Crippen LogP contribution is 2.34. The molecule has 118 valence electrons. The minimum absolute atomic E-state index is 0.0224. The summed E-state index contributed by atoms with van der Waals surface area (Å²) in [7, 11) is 0. The molecule has 0 spiro atoms. The Morgan fingerprint density at radius 2 is 2.18 bits per heavy atom. The van der Waals surface area contributed by atoms with E-state index in [4.69, 9.17) is 5.11 Å². The second kappa shape index (κ2) is 6.83. The quantitative estimate of drug-likeness (QED) is 0.858. The first-order chi connectivity index (χ1) is 10.4. The predicted molar refractivity (Wildman–Crippen MR) is 81.5 cm³/mol. The summed E-state index contributed by atoms with van der Waals surface area (Å²) >= 11 is 1.11. The van der Waals surface area contributed by atoms with Crippen LogP contribution in [0, 0.1) is 0 Å². The van der Waals surface area contributed by atoms with E-state index in [9.17, 15) is 19.5 Å². The van der Waals surface area contributed by atoms with Crippen LogP contribution >= 0.6 is 11.8 Å². The van der Waals surface area contributed by atoms with Crippen molar-refractivity contribution in [1.29, 1.82) is 0 Å². The van der Waals surface area contributed by atoms with E-state index in [2.05, 4.69) is 0 Å². The Morgan fingerprint density at radius 3 is 2.77 bits per heavy atom. The molecule has 1 fully saturated rings. The average molecular weight is 323 g/mol. The molecule has 0 radical (unpaired) electrons. The van der Waals surface area contributed by atoms with E-state index in [0.29, 0.717) is 12.1 Å². The standard InChI is InChI=1S/C15H17NO5S/c1-9(17)22-12-6-14(19)16(8-12)13(7-15(20)21)10-3-2-4-11(18)5-10/h2-5,12-13,18H,6-8H2,1H3,(H,20,21). The Kier molecular flexibility index (Phi) is 5.07. The predicted octanol–water partition coefficient (Wildman–Crippen LogP) is 1.79. The number of thioether (sulfide) groups is 1. The summed E-state index contributed by atoms with van der Waals surface area (Å²) < 4.78 is 0. The molecule has 1 aromatic carbocycles. The number of carboxylic acids is 1. The van der Waals surface area contributed by atoms with Gasteiger partial charge in [0.1, 0.15) is 5.75 Å². The van der Waals surface area contributed by atoms with Crippen LogP contribution < -0.4 is 0 Å². The fraction of sp³-hybridized carbons (Fsp3) is 0.400. The topological polar surface area (TPSA) is 94.9 Å². The molecular weight excluding hydrogens is 306 g/mol. The number of aliphatic carboxylic acids is 1. The van der Waals surface area contributed by atoms with E-state index in [0.717, 1.165) is 11.8 Å². The van der Waals surface area contributed by atoms with Crippen LogP contribution in [0.5, 0.6) is 5.75 Å². The van der Waals surface area contributed by atoms with Crippen molar-refractivity contribution in [2.75, 3.05) is 6.54 Å². The molecule has 2 unspecified atom stereocenters. The summed E-state index contributed by atoms with van der Waals surface area (Å²) in [5, 5.41) is 18.5. The van der Waals surface area contributed by atoms with Crippen molar-refractivity contribution in [3.8, 4) is 5.75 Å². The number of phenolic OH excluding ortho intramolecular Hbond substituents is 1. The molecule has 6 nitrogen and oxygen atoms in total. The fourth-order valence-corrected chi connectivity index (χ4v) is 3.55. The first-order valence-corrected chi connectivity index (χ1v) is 7.72. The molecule has 2 N–H and O–H groups in total. The van der Waals surface area contributed by atoms with Gasteiger partial charge in [0.15, 0.2) is 5.12 Å². The summed E-state index contributed by atoms with van der Waals surface area (Å²) in [6.45, 7) is 1.78. The summed E-state index contributed by atoms with van der Waals surface area (Å²) in [5.41, 5.74) is 0.573. The van der Waals surface area contributed by atoms with Crippen molar-refractivity contribution < 1.29 is 24.6 Å². The first-order valence-electron chi connectivity index (χ1n) is 6.84. The van der Waals surface area contributed by atoms with Gasteiger partial charge in [-0.25, -0.2) is 0 Å². The Hall–Kier alpha value is -2.02. The third kappa shape index (κ3) is 4.00. The number of amides is 1. The van der Waals surface area contributed by atoms with Crippen LogP contribution in [0.25, 0.3) is 0 Å². The summed E-state index contributed by atoms with van der Waals surface area (Å²) in [6.07, 6.45) is -0.0220. The van der Waals surface area contributed by atoms with Crippen LogP contribution in [0.1, 0.15) is 31.4 Å². The lowest BCUT2D eigenvalue weighted by Crippen LogP contribution is -2.32. The number of carbonyl (C=O) groups is 3. The fourth-order valence-electron chi connectivity index (χ4n) is 2.62. The Balaban J connectivity index is 2.24. The Labute approximate surface area is 132 Å². The van der Waals surface area contributed by atoms with Crippen molar-refractivity contribution in [2.45, 2.75) is 31.1 Å². The lowest BCUT2D eigenvalue weighted by atomic mass is 10.0. The zero-order chi connectivity index (χ0) is 16.3. The summed E-state index contributed by atoms with van der Waals surface area (Å²) in [5.74, 6) is -1.17. The smallest absolute Gasteiger partial charge is 0.305 e. The Bertz CT molecular complexity index is 603. The minimum Gasteiger partial charge on any atom is -0.508 e. The van der Waals surface area contributed by atoms with Gasteiger partial charge in [0, 0.05) is 25.1 Å². The highest BCUT2D eigenvalue weighted by molar-refractivity contribution is 8.14. The number of aromatic hydroxyl groups is 1. The van der Waals surface area contributed by atoms with Crippen LogP contribution in [0.4, 0.5) is 0 Å². The number of hydrogen-bond donors (Lipinski definition) is 2. The van der Waals surface area contributed by atoms with Gasteiger partial charge in [-0.1, -0.05) is 23.9 Å². The summed E-state index contributed by atoms with van der Waals surface area (Å²) in [6, 6.07) is 5.61. The highest BCUT2D eigenvalue weighted by atomic mass is 32.2. The monoisotopic (exact) mass is 323 g/mol. The van der Waals surface area contributed by atoms with Crippen molar-refractivity contribution in [2.24, 2.45) is 0 Å². The van der Waals surface area contributed by atoms with Crippen LogP contribution in [0.3, 0.4) is 0 Å². The van der Waals surface area contributed by atoms with Gasteiger partial charge >= 0.3 is 5.97 Å². The van der Waals surface area contributed by atoms with Crippen molar-refractivity contribution in [3.63, 3.8) is 0 Å². The minimum atomic E-state index is -1.02. The maximum Gasteiger partial charge on any atom is 0.305 e. The molecule has 1 amide bonds. The van der Waals surface area contributed by atoms with E-state index in [-0.39, 0.29) is 34.9 Å². The third-order valence-electron chi connectivity index (χ3n) is 3.45. The molecule has 22 heavy (non-hydrogen) atoms. The van der Waals surface area contributed by atoms with E-state index < -0.39 is 12.0 Å². The maximum atomic E-state index is 12.2. The van der Waals surface area contributed by atoms with E-state index in [1.54, 1.807) is 12.1 Å². The molecule has 0 aromatic heterocycles. The van der Waals surface area contributed by atoms with Crippen LogP contribution in [0.15, 0.2) is 24.3 Å². The summed E-state index contributed by atoms with van der Waals surface area (Å²) in [4.78, 5) is 36.0. The van der Waals surface area contributed by atoms with Gasteiger partial charge < -0.3 is 15.1 Å². The second-order valence-corrected chi connectivity index (χ2v) is 6.67. The largest absolute Gasteiger partial charge is 0.508 e. The number of phenols is 1. The molecule has 0 bridgehead atoms. The Morgan fingerprint density at radius 1 is 1.45 bits per heavy atom. The van der Waals surface area contributed by atoms with Gasteiger partial charge in [-0.15, -0.1) is 0 Å². The van der Waals surface area contributed by atoms with Crippen molar-refractivity contribution >= 4 is 28.8 Å². The number of carboxylic acid groups (broad SMARTS) is 1. The number of nitrogens with zero attached hydrogens (tertiary/aromatic N) is 1. The van der Waals surface area contributed by atoms with E-state index >= 15 is 0 Å². The molecule has 1 heterocycles. The van der Waals surface area contributed by atoms with Crippen molar-refractivity contribution in [1.82, 2.24) is 4.90 Å². The van der Waals surface area contributed by atoms with Gasteiger partial charge in [-0.3, -0.25) is 14.4 Å². The van der Waals surface area contributed by atoms with E-state index in [1.807, 2.05) is 0 Å². The number of carbonyl (C=O) groups excluding carboxylic acids is 2. The van der Waals surface area contributed by atoms with Gasteiger partial charge in [0.2, 0.25) is 5.91 Å². The number of likely N-dealkylation sites (tertiary alicyclic amines) is 1. The number of rotatable bonds is 5. The molecule has 2 rings (SSSR count). The lowest BCUT2D eigenvalue weighted by molar-refractivity contribution is -0.140. The van der Waals surface area contributed by atoms with E-state index in [1.165, 1.54) is 24.0 Å². The van der Waals surface area contributed by atoms with Gasteiger partial charge in [-0.2, -0.15) is 0 Å². The normalized spacial score (nSPS) is 19.2. The van der Waals surface area contributed by atoms with Crippen LogP contribution in [-0.2, 0) is 14.4 Å². The maximum absolute atomic E-state index is 12.2. The van der Waals surface area contributed by atoms with Crippen LogP contribution in [0.2, 0.25) is 0 Å². The van der Waals surface area contributed by atoms with Gasteiger partial charge in [0.05, 0.1) is 12.5 Å². The number of benzene rings is 1. The van der Waals surface area contributed by atoms with Crippen LogP contribution in [-0.4, -0.2) is 43.9 Å².